The molecule has 2 heterocycles. The smallest absolute Gasteiger partial charge is 0.356 e. The molecule has 0 aliphatic heterocycles. The summed E-state index contributed by atoms with van der Waals surface area (Å²) >= 11 is 6.55. The molecule has 2 saturated carbocycles. The highest BCUT2D eigenvalue weighted by molar-refractivity contribution is 6.32. The maximum Gasteiger partial charge on any atom is 0.356 e. The lowest BCUT2D eigenvalue weighted by Gasteiger charge is -2.26. The number of pyridine rings is 2. The van der Waals surface area contributed by atoms with Crippen LogP contribution in [-0.4, -0.2) is 27.9 Å². The van der Waals surface area contributed by atoms with Gasteiger partial charge in [-0.15, -0.1) is 5.48 Å². The summed E-state index contributed by atoms with van der Waals surface area (Å²) in [4.78, 5) is 40.3. The van der Waals surface area contributed by atoms with E-state index in [1.165, 1.54) is 0 Å². The Morgan fingerprint density at radius 1 is 1.00 bits per heavy atom. The van der Waals surface area contributed by atoms with Crippen molar-refractivity contribution in [1.29, 1.82) is 0 Å². The Morgan fingerprint density at radius 3 is 2.31 bits per heavy atom. The quantitative estimate of drug-likeness (QED) is 0.294. The van der Waals surface area contributed by atoms with Crippen LogP contribution >= 0.6 is 11.6 Å². The van der Waals surface area contributed by atoms with Crippen molar-refractivity contribution in [3.63, 3.8) is 0 Å². The van der Waals surface area contributed by atoms with Crippen LogP contribution in [-0.2, 0) is 9.63 Å². The summed E-state index contributed by atoms with van der Waals surface area (Å²) in [6.07, 6.45) is 6.10. The molecule has 1 amide bonds. The molecule has 7 nitrogen and oxygen atoms in total. The molecule has 2 N–H and O–H groups in total. The summed E-state index contributed by atoms with van der Waals surface area (Å²) in [6.45, 7) is 3.93. The Balaban J connectivity index is 1.34. The Kier molecular flexibility index (Phi) is 7.03. The molecule has 0 radical (unpaired) electrons. The van der Waals surface area contributed by atoms with Crippen molar-refractivity contribution in [2.45, 2.75) is 45.6 Å². The summed E-state index contributed by atoms with van der Waals surface area (Å²) in [5.74, 6) is 0.540. The Morgan fingerprint density at radius 2 is 1.69 bits per heavy atom. The van der Waals surface area contributed by atoms with Crippen molar-refractivity contribution >= 4 is 29.3 Å². The summed E-state index contributed by atoms with van der Waals surface area (Å²) in [5.41, 5.74) is 6.84. The number of anilines is 1. The van der Waals surface area contributed by atoms with Gasteiger partial charge in [-0.3, -0.25) is 9.78 Å². The highest BCUT2D eigenvalue weighted by atomic mass is 35.5. The number of nitrogens with one attached hydrogen (secondary N) is 2. The van der Waals surface area contributed by atoms with E-state index in [1.807, 2.05) is 32.0 Å². The molecule has 0 unspecified atom stereocenters. The van der Waals surface area contributed by atoms with Crippen molar-refractivity contribution in [1.82, 2.24) is 15.4 Å². The molecule has 8 heteroatoms. The zero-order valence-corrected chi connectivity index (χ0v) is 21.1. The largest absolute Gasteiger partial charge is 0.366 e. The fraction of sp³-hybridized carbons (Fsp3) is 0.357. The van der Waals surface area contributed by atoms with E-state index in [4.69, 9.17) is 16.4 Å². The molecule has 186 valence electrons. The zero-order chi connectivity index (χ0) is 25.2. The number of hydroxylamine groups is 1. The predicted molar refractivity (Wildman–Crippen MR) is 138 cm³/mol. The first-order valence-electron chi connectivity index (χ1n) is 12.3. The second-order valence-electron chi connectivity index (χ2n) is 9.72. The lowest BCUT2D eigenvalue weighted by Crippen LogP contribution is -2.48. The van der Waals surface area contributed by atoms with Crippen LogP contribution in [0.4, 0.5) is 5.82 Å². The van der Waals surface area contributed by atoms with Gasteiger partial charge < -0.3 is 10.2 Å². The lowest BCUT2D eigenvalue weighted by atomic mass is 9.89. The summed E-state index contributed by atoms with van der Waals surface area (Å²) in [7, 11) is 0. The van der Waals surface area contributed by atoms with Crippen LogP contribution in [0.25, 0.3) is 11.1 Å². The normalized spacial score (nSPS) is 16.0. The van der Waals surface area contributed by atoms with E-state index >= 15 is 0 Å². The summed E-state index contributed by atoms with van der Waals surface area (Å²) in [5, 5.41) is 3.18. The molecule has 2 aliphatic rings. The number of nitrogens with zero attached hydrogens (tertiary/aromatic N) is 2. The third-order valence-corrected chi connectivity index (χ3v) is 7.29. The fourth-order valence-corrected chi connectivity index (χ4v) is 5.19. The van der Waals surface area contributed by atoms with E-state index in [0.717, 1.165) is 48.1 Å². The molecule has 5 rings (SSSR count). The number of aromatic nitrogens is 2. The minimum absolute atomic E-state index is 0.101. The van der Waals surface area contributed by atoms with Crippen LogP contribution in [0.5, 0.6) is 0 Å². The highest BCUT2D eigenvalue weighted by Crippen LogP contribution is 2.51. The van der Waals surface area contributed by atoms with Crippen molar-refractivity contribution in [2.75, 3.05) is 5.32 Å². The summed E-state index contributed by atoms with van der Waals surface area (Å²) < 4.78 is 0. The second kappa shape index (κ2) is 10.4. The van der Waals surface area contributed by atoms with E-state index in [9.17, 15) is 9.59 Å². The van der Waals surface area contributed by atoms with Crippen LogP contribution in [0, 0.1) is 31.6 Å². The van der Waals surface area contributed by atoms with Crippen molar-refractivity contribution in [3.8, 4) is 11.1 Å². The number of rotatable bonds is 9. The van der Waals surface area contributed by atoms with Crippen molar-refractivity contribution < 1.29 is 14.4 Å². The number of hydrogen-bond acceptors (Lipinski definition) is 6. The van der Waals surface area contributed by atoms with Crippen LogP contribution in [0.1, 0.15) is 47.3 Å². The first-order valence-corrected chi connectivity index (χ1v) is 12.7. The number of halogens is 1. The standard InChI is InChI=1S/C28H29ClN4O3/c1-16-14-15-30-17(2)23(16)21-12-13-22(31-26(21)29)32-27(34)25(24(18-8-9-18)19-10-11-19)33-36-28(35)20-6-4-3-5-7-20/h3-7,12-15,18-19,24-25,33H,8-11H2,1-2H3,(H,31,32,34)/t25-/m0/s1. The number of amides is 1. The van der Waals surface area contributed by atoms with Gasteiger partial charge in [0.2, 0.25) is 5.91 Å². The molecule has 2 fully saturated rings. The molecule has 0 saturated heterocycles. The maximum atomic E-state index is 13.5. The van der Waals surface area contributed by atoms with Crippen LogP contribution < -0.4 is 10.8 Å². The average molecular weight is 505 g/mol. The van der Waals surface area contributed by atoms with E-state index < -0.39 is 12.0 Å². The van der Waals surface area contributed by atoms with Gasteiger partial charge in [-0.25, -0.2) is 9.78 Å². The van der Waals surface area contributed by atoms with Gasteiger partial charge in [-0.05, 0) is 93.2 Å². The second-order valence-corrected chi connectivity index (χ2v) is 10.1. The minimum atomic E-state index is -0.680. The number of benzene rings is 1. The molecule has 2 aliphatic carbocycles. The zero-order valence-electron chi connectivity index (χ0n) is 20.3. The Bertz CT molecular complexity index is 1240. The Hall–Kier alpha value is -3.29. The van der Waals surface area contributed by atoms with E-state index in [1.54, 1.807) is 36.5 Å². The molecule has 1 atom stereocenters. The van der Waals surface area contributed by atoms with Gasteiger partial charge in [-0.1, -0.05) is 29.8 Å². The molecule has 1 aromatic carbocycles. The van der Waals surface area contributed by atoms with Gasteiger partial charge in [0, 0.05) is 23.0 Å². The maximum absolute atomic E-state index is 13.5. The molecule has 0 spiro atoms. The SMILES string of the molecule is Cc1ccnc(C)c1-c1ccc(NC(=O)[C@@H](NOC(=O)c2ccccc2)C(C2CC2)C2CC2)nc1Cl. The average Bonchev–Trinajstić information content (AvgIpc) is 3.78. The minimum Gasteiger partial charge on any atom is -0.366 e. The molecule has 2 aromatic heterocycles. The number of carbonyl (C=O) groups is 2. The molecular weight excluding hydrogens is 476 g/mol. The van der Waals surface area contributed by atoms with Gasteiger partial charge in [0.05, 0.1) is 5.56 Å². The van der Waals surface area contributed by atoms with Crippen LogP contribution in [0.2, 0.25) is 5.15 Å². The van der Waals surface area contributed by atoms with Crippen molar-refractivity contribution in [2.24, 2.45) is 17.8 Å². The Labute approximate surface area is 215 Å². The van der Waals surface area contributed by atoms with Gasteiger partial charge in [0.25, 0.3) is 0 Å². The third-order valence-electron chi connectivity index (χ3n) is 7.01. The van der Waals surface area contributed by atoms with E-state index in [2.05, 4.69) is 20.8 Å². The number of aryl methyl sites for hydroxylation is 2. The van der Waals surface area contributed by atoms with Crippen LogP contribution in [0.3, 0.4) is 0 Å². The molecule has 0 bridgehead atoms. The third kappa shape index (κ3) is 5.42. The van der Waals surface area contributed by atoms with Gasteiger partial charge in [0.1, 0.15) is 17.0 Å². The fourth-order valence-electron chi connectivity index (χ4n) is 4.94. The monoisotopic (exact) mass is 504 g/mol. The molecular formula is C28H29ClN4O3. The lowest BCUT2D eigenvalue weighted by molar-refractivity contribution is -0.123. The van der Waals surface area contributed by atoms with E-state index in [0.29, 0.717) is 23.2 Å². The number of hydrogen-bond donors (Lipinski definition) is 2. The number of carbonyl (C=O) groups excluding carboxylic acids is 2. The molecule has 36 heavy (non-hydrogen) atoms. The van der Waals surface area contributed by atoms with Crippen molar-refractivity contribution in [3.05, 3.63) is 76.7 Å². The summed E-state index contributed by atoms with van der Waals surface area (Å²) in [6, 6.07) is 13.6. The van der Waals surface area contributed by atoms with Crippen LogP contribution in [0.15, 0.2) is 54.7 Å². The first-order chi connectivity index (χ1) is 17.4. The van der Waals surface area contributed by atoms with Gasteiger partial charge in [0.15, 0.2) is 0 Å². The molecule has 3 aromatic rings. The van der Waals surface area contributed by atoms with Gasteiger partial charge >= 0.3 is 5.97 Å². The predicted octanol–water partition coefficient (Wildman–Crippen LogP) is 5.52. The first kappa shape index (κ1) is 24.4. The van der Waals surface area contributed by atoms with E-state index in [-0.39, 0.29) is 17.0 Å². The topological polar surface area (TPSA) is 93.2 Å². The van der Waals surface area contributed by atoms with Gasteiger partial charge in [-0.2, -0.15) is 0 Å². The highest BCUT2D eigenvalue weighted by Gasteiger charge is 2.48.